The number of nitrogens with one attached hydrogen (secondary N) is 1. The fourth-order valence-electron chi connectivity index (χ4n) is 3.49. The molecule has 0 spiro atoms. The summed E-state index contributed by atoms with van der Waals surface area (Å²) in [6.07, 6.45) is -0.439. The van der Waals surface area contributed by atoms with Gasteiger partial charge in [0.05, 0.1) is 18.1 Å². The van der Waals surface area contributed by atoms with Crippen LogP contribution in [-0.4, -0.2) is 52.1 Å². The van der Waals surface area contributed by atoms with E-state index in [1.165, 1.54) is 18.9 Å². The molecule has 1 aromatic carbocycles. The van der Waals surface area contributed by atoms with Gasteiger partial charge < -0.3 is 20.4 Å². The molecule has 2 amide bonds. The van der Waals surface area contributed by atoms with Gasteiger partial charge in [0.15, 0.2) is 0 Å². The van der Waals surface area contributed by atoms with Crippen LogP contribution in [0.25, 0.3) is 5.57 Å². The number of β-lactam (4-membered cyclic amide) rings is 1. The number of hydrogen-bond acceptors (Lipinski definition) is 4. The zero-order valence-electron chi connectivity index (χ0n) is 13.3. The van der Waals surface area contributed by atoms with E-state index in [9.17, 15) is 24.6 Å². The van der Waals surface area contributed by atoms with Crippen molar-refractivity contribution in [2.45, 2.75) is 25.5 Å². The van der Waals surface area contributed by atoms with E-state index in [0.717, 1.165) is 0 Å². The number of carboxylic acids is 1. The molecule has 7 nitrogen and oxygen atoms in total. The van der Waals surface area contributed by atoms with Crippen molar-refractivity contribution in [1.29, 1.82) is 0 Å². The summed E-state index contributed by atoms with van der Waals surface area (Å²) >= 11 is 0. The molecule has 24 heavy (non-hydrogen) atoms. The topological polar surface area (TPSA) is 107 Å². The van der Waals surface area contributed by atoms with Crippen LogP contribution in [0.1, 0.15) is 29.3 Å². The Hall–Kier alpha value is -2.67. The molecule has 2 aliphatic rings. The van der Waals surface area contributed by atoms with Gasteiger partial charge in [0.2, 0.25) is 5.91 Å². The van der Waals surface area contributed by atoms with E-state index in [1.54, 1.807) is 24.3 Å². The van der Waals surface area contributed by atoms with E-state index in [-0.39, 0.29) is 23.6 Å². The molecule has 0 aromatic heterocycles. The lowest BCUT2D eigenvalue weighted by Gasteiger charge is -2.44. The van der Waals surface area contributed by atoms with E-state index in [4.69, 9.17) is 0 Å². The Balaban J connectivity index is 1.97. The van der Waals surface area contributed by atoms with Crippen molar-refractivity contribution in [2.75, 3.05) is 7.05 Å². The maximum Gasteiger partial charge on any atom is 0.352 e. The summed E-state index contributed by atoms with van der Waals surface area (Å²) in [6, 6.07) is 6.26. The van der Waals surface area contributed by atoms with E-state index in [1.807, 2.05) is 0 Å². The van der Waals surface area contributed by atoms with Gasteiger partial charge in [0.1, 0.15) is 5.70 Å². The lowest BCUT2D eigenvalue weighted by atomic mass is 9.82. The van der Waals surface area contributed by atoms with Crippen molar-refractivity contribution in [3.8, 4) is 0 Å². The standard InChI is InChI=1S/C17H18N2O5/c1-8(20)13-12-7-11(14(17(23)24)19(12)16(13)22)9-3-5-10(6-4-9)15(21)18-2/h3-6,8,12-13,20H,7H2,1-2H3,(H,18,21)(H,23,24)/t8-,12?,13?/m1/s1. The Morgan fingerprint density at radius 3 is 2.42 bits per heavy atom. The summed E-state index contributed by atoms with van der Waals surface area (Å²) in [5, 5.41) is 21.8. The molecule has 3 atom stereocenters. The first-order valence-electron chi connectivity index (χ1n) is 7.67. The number of rotatable bonds is 4. The average Bonchev–Trinajstić information content (AvgIpc) is 2.89. The van der Waals surface area contributed by atoms with Crippen molar-refractivity contribution in [3.05, 3.63) is 41.1 Å². The second-order valence-electron chi connectivity index (χ2n) is 6.03. The number of hydrogen-bond donors (Lipinski definition) is 3. The molecule has 1 fully saturated rings. The third kappa shape index (κ3) is 2.28. The lowest BCUT2D eigenvalue weighted by Crippen LogP contribution is -2.61. The van der Waals surface area contributed by atoms with Crippen LogP contribution in [0.4, 0.5) is 0 Å². The summed E-state index contributed by atoms with van der Waals surface area (Å²) in [5.41, 5.74) is 1.64. The third-order valence-electron chi connectivity index (χ3n) is 4.65. The Morgan fingerprint density at radius 1 is 1.29 bits per heavy atom. The molecule has 3 rings (SSSR count). The van der Waals surface area contributed by atoms with Crippen LogP contribution in [-0.2, 0) is 9.59 Å². The summed E-state index contributed by atoms with van der Waals surface area (Å²) in [5.74, 6) is -2.32. The predicted molar refractivity (Wildman–Crippen MR) is 84.8 cm³/mol. The summed E-state index contributed by atoms with van der Waals surface area (Å²) < 4.78 is 0. The van der Waals surface area contributed by atoms with Crippen LogP contribution in [0, 0.1) is 5.92 Å². The number of aliphatic carboxylic acids is 1. The van der Waals surface area contributed by atoms with Crippen molar-refractivity contribution in [3.63, 3.8) is 0 Å². The van der Waals surface area contributed by atoms with Crippen molar-refractivity contribution >= 4 is 23.4 Å². The van der Waals surface area contributed by atoms with Gasteiger partial charge in [-0.05, 0) is 36.6 Å². The fraction of sp³-hybridized carbons (Fsp3) is 0.353. The first kappa shape index (κ1) is 16.2. The highest BCUT2D eigenvalue weighted by molar-refractivity contribution is 6.06. The van der Waals surface area contributed by atoms with Crippen LogP contribution in [0.2, 0.25) is 0 Å². The molecule has 2 unspecified atom stereocenters. The van der Waals surface area contributed by atoms with Crippen LogP contribution in [0.5, 0.6) is 0 Å². The second kappa shape index (κ2) is 5.76. The van der Waals surface area contributed by atoms with Crippen LogP contribution < -0.4 is 5.32 Å². The van der Waals surface area contributed by atoms with Crippen LogP contribution >= 0.6 is 0 Å². The van der Waals surface area contributed by atoms with Crippen molar-refractivity contribution < 1.29 is 24.6 Å². The van der Waals surface area contributed by atoms with E-state index in [0.29, 0.717) is 23.1 Å². The van der Waals surface area contributed by atoms with Gasteiger partial charge in [-0.1, -0.05) is 12.1 Å². The summed E-state index contributed by atoms with van der Waals surface area (Å²) in [4.78, 5) is 36.7. The van der Waals surface area contributed by atoms with Gasteiger partial charge in [0, 0.05) is 12.6 Å². The number of aliphatic hydroxyl groups is 1. The number of fused-ring (bicyclic) bond motifs is 1. The monoisotopic (exact) mass is 330 g/mol. The maximum atomic E-state index is 12.2. The number of carbonyl (C=O) groups excluding carboxylic acids is 2. The molecule has 0 radical (unpaired) electrons. The molecule has 2 heterocycles. The Kier molecular flexibility index (Phi) is 3.88. The molecular formula is C17H18N2O5. The molecule has 0 saturated carbocycles. The molecule has 7 heteroatoms. The minimum absolute atomic E-state index is 0.0328. The van der Waals surface area contributed by atoms with Crippen LogP contribution in [0.3, 0.4) is 0 Å². The quantitative estimate of drug-likeness (QED) is 0.695. The van der Waals surface area contributed by atoms with Crippen molar-refractivity contribution in [1.82, 2.24) is 10.2 Å². The van der Waals surface area contributed by atoms with Gasteiger partial charge in [-0.15, -0.1) is 0 Å². The van der Waals surface area contributed by atoms with Crippen LogP contribution in [0.15, 0.2) is 30.0 Å². The number of amides is 2. The largest absolute Gasteiger partial charge is 0.477 e. The molecule has 126 valence electrons. The van der Waals surface area contributed by atoms with Crippen molar-refractivity contribution in [2.24, 2.45) is 5.92 Å². The zero-order chi connectivity index (χ0) is 17.6. The average molecular weight is 330 g/mol. The highest BCUT2D eigenvalue weighted by Crippen LogP contribution is 2.46. The highest BCUT2D eigenvalue weighted by atomic mass is 16.4. The fourth-order valence-corrected chi connectivity index (χ4v) is 3.49. The first-order valence-corrected chi connectivity index (χ1v) is 7.67. The smallest absolute Gasteiger partial charge is 0.352 e. The third-order valence-corrected chi connectivity index (χ3v) is 4.65. The molecular weight excluding hydrogens is 312 g/mol. The van der Waals surface area contributed by atoms with Gasteiger partial charge in [0.25, 0.3) is 5.91 Å². The normalized spacial score (nSPS) is 23.6. The lowest BCUT2D eigenvalue weighted by molar-refractivity contribution is -0.161. The Morgan fingerprint density at radius 2 is 1.92 bits per heavy atom. The van der Waals surface area contributed by atoms with E-state index in [2.05, 4.69) is 5.32 Å². The first-order chi connectivity index (χ1) is 11.4. The molecule has 3 N–H and O–H groups in total. The molecule has 1 aromatic rings. The molecule has 0 bridgehead atoms. The highest BCUT2D eigenvalue weighted by Gasteiger charge is 2.56. The summed E-state index contributed by atoms with van der Waals surface area (Å²) in [7, 11) is 1.53. The van der Waals surface area contributed by atoms with Gasteiger partial charge in [-0.2, -0.15) is 0 Å². The second-order valence-corrected chi connectivity index (χ2v) is 6.03. The van der Waals surface area contributed by atoms with E-state index >= 15 is 0 Å². The maximum absolute atomic E-state index is 12.2. The summed E-state index contributed by atoms with van der Waals surface area (Å²) in [6.45, 7) is 1.54. The van der Waals surface area contributed by atoms with E-state index < -0.39 is 18.0 Å². The number of nitrogens with zero attached hydrogens (tertiary/aromatic N) is 1. The predicted octanol–water partition coefficient (Wildman–Crippen LogP) is 0.453. The number of carbonyl (C=O) groups is 3. The minimum Gasteiger partial charge on any atom is -0.477 e. The minimum atomic E-state index is -1.17. The molecule has 2 aliphatic heterocycles. The Bertz CT molecular complexity index is 751. The number of carboxylic acid groups (broad SMARTS) is 1. The van der Waals surface area contributed by atoms with Gasteiger partial charge in [-0.3, -0.25) is 9.59 Å². The SMILES string of the molecule is CNC(=O)c1ccc(C2=C(C(=O)O)N3C(=O)C([C@@H](C)O)C3C2)cc1. The number of aliphatic hydroxyl groups excluding tert-OH is 1. The van der Waals surface area contributed by atoms with Gasteiger partial charge in [-0.25, -0.2) is 4.79 Å². The Labute approximate surface area is 138 Å². The number of benzene rings is 1. The molecule has 1 saturated heterocycles. The zero-order valence-corrected chi connectivity index (χ0v) is 13.3. The molecule has 0 aliphatic carbocycles. The van der Waals surface area contributed by atoms with Gasteiger partial charge >= 0.3 is 5.97 Å².